The topological polar surface area (TPSA) is 35.5 Å². The van der Waals surface area contributed by atoms with Gasteiger partial charge >= 0.3 is 7.60 Å². The smallest absolute Gasteiger partial charge is 0.318 e. The van der Waals surface area contributed by atoms with Gasteiger partial charge in [-0.1, -0.05) is 34.6 Å². The summed E-state index contributed by atoms with van der Waals surface area (Å²) in [5, 5.41) is 0.0554. The molecule has 0 N–H and O–H groups in total. The van der Waals surface area contributed by atoms with Crippen molar-refractivity contribution in [3.8, 4) is 0 Å². The first-order chi connectivity index (χ1) is 6.87. The van der Waals surface area contributed by atoms with Crippen molar-refractivity contribution >= 4 is 15.9 Å². The van der Waals surface area contributed by atoms with Crippen molar-refractivity contribution in [2.75, 3.05) is 13.3 Å². The highest BCUT2D eigenvalue weighted by Gasteiger charge is 2.42. The molecule has 0 aromatic rings. The molecule has 0 heterocycles. The Bertz CT molecular complexity index is 269. The molecule has 1 unspecified atom stereocenters. The summed E-state index contributed by atoms with van der Waals surface area (Å²) >= 11 is 0. The van der Waals surface area contributed by atoms with Gasteiger partial charge in [0.1, 0.15) is 0 Å². The number of hydrogen-bond donors (Lipinski definition) is 0. The van der Waals surface area contributed by atoms with Crippen molar-refractivity contribution in [1.29, 1.82) is 0 Å². The van der Waals surface area contributed by atoms with Crippen LogP contribution in [-0.4, -0.2) is 21.6 Å². The van der Waals surface area contributed by atoms with Crippen molar-refractivity contribution < 1.29 is 13.3 Å². The lowest BCUT2D eigenvalue weighted by atomic mass is 10.2. The third-order valence-electron chi connectivity index (χ3n) is 2.84. The van der Waals surface area contributed by atoms with Crippen LogP contribution in [-0.2, 0) is 13.3 Å². The molecule has 0 saturated carbocycles. The molecule has 0 rings (SSSR count). The lowest BCUT2D eigenvalue weighted by molar-refractivity contribution is 0.233. The van der Waals surface area contributed by atoms with E-state index in [4.69, 9.17) is 8.74 Å². The van der Waals surface area contributed by atoms with E-state index < -0.39 is 15.9 Å². The minimum Gasteiger partial charge on any atom is -0.350 e. The van der Waals surface area contributed by atoms with Gasteiger partial charge in [-0.2, -0.15) is 0 Å². The largest absolute Gasteiger partial charge is 0.350 e. The zero-order valence-corrected chi connectivity index (χ0v) is 13.9. The van der Waals surface area contributed by atoms with Crippen LogP contribution >= 0.6 is 7.60 Å². The van der Waals surface area contributed by atoms with E-state index in [1.807, 2.05) is 13.8 Å². The van der Waals surface area contributed by atoms with Crippen molar-refractivity contribution in [3.05, 3.63) is 0 Å². The van der Waals surface area contributed by atoms with Gasteiger partial charge in [0.25, 0.3) is 0 Å². The highest BCUT2D eigenvalue weighted by atomic mass is 31.2. The summed E-state index contributed by atoms with van der Waals surface area (Å²) in [6.45, 7) is 16.7. The van der Waals surface area contributed by atoms with Gasteiger partial charge in [-0.05, 0) is 24.1 Å². The van der Waals surface area contributed by atoms with Crippen molar-refractivity contribution in [3.63, 3.8) is 0 Å². The maximum atomic E-state index is 12.2. The van der Waals surface area contributed by atoms with E-state index in [-0.39, 0.29) is 5.04 Å². The summed E-state index contributed by atoms with van der Waals surface area (Å²) in [5.41, 5.74) is 0. The fourth-order valence-corrected chi connectivity index (χ4v) is 6.05. The molecule has 98 valence electrons. The van der Waals surface area contributed by atoms with Crippen LogP contribution in [0.25, 0.3) is 0 Å². The quantitative estimate of drug-likeness (QED) is 0.542. The van der Waals surface area contributed by atoms with Crippen LogP contribution in [0.4, 0.5) is 0 Å². The Morgan fingerprint density at radius 3 is 2.00 bits per heavy atom. The van der Waals surface area contributed by atoms with Gasteiger partial charge in [-0.15, -0.1) is 0 Å². The van der Waals surface area contributed by atoms with E-state index in [2.05, 4.69) is 33.9 Å². The van der Waals surface area contributed by atoms with Crippen molar-refractivity contribution in [2.24, 2.45) is 5.92 Å². The second-order valence-corrected chi connectivity index (χ2v) is 13.4. The predicted molar refractivity (Wildman–Crippen MR) is 72.6 cm³/mol. The van der Waals surface area contributed by atoms with Crippen molar-refractivity contribution in [2.45, 2.75) is 52.8 Å². The molecule has 0 bridgehead atoms. The highest BCUT2D eigenvalue weighted by Crippen LogP contribution is 2.52. The average Bonchev–Trinajstić information content (AvgIpc) is 1.96. The van der Waals surface area contributed by atoms with E-state index in [1.165, 1.54) is 0 Å². The van der Waals surface area contributed by atoms with Crippen LogP contribution in [0.5, 0.6) is 0 Å². The zero-order valence-electron chi connectivity index (χ0n) is 12.0. The molecule has 0 aromatic carbocycles. The van der Waals surface area contributed by atoms with Gasteiger partial charge in [0.05, 0.1) is 6.61 Å². The van der Waals surface area contributed by atoms with E-state index in [1.54, 1.807) is 6.66 Å². The van der Waals surface area contributed by atoms with Crippen LogP contribution in [0.3, 0.4) is 0 Å². The molecular formula is C11H27O3PSi. The Kier molecular flexibility index (Phi) is 5.46. The van der Waals surface area contributed by atoms with E-state index >= 15 is 0 Å². The first-order valence-electron chi connectivity index (χ1n) is 5.80. The van der Waals surface area contributed by atoms with Gasteiger partial charge in [-0.3, -0.25) is 4.57 Å². The third-order valence-corrected chi connectivity index (χ3v) is 10.2. The minimum atomic E-state index is -2.90. The van der Waals surface area contributed by atoms with Crippen LogP contribution in [0.15, 0.2) is 0 Å². The molecule has 0 amide bonds. The molecule has 0 radical (unpaired) electrons. The minimum absolute atomic E-state index is 0.0554. The average molecular weight is 266 g/mol. The maximum Gasteiger partial charge on any atom is 0.318 e. The SMILES string of the molecule is CC(C)COP(C)(=O)O[Si](C)(C)C(C)(C)C. The molecule has 0 aliphatic heterocycles. The Balaban J connectivity index is 4.53. The molecule has 5 heteroatoms. The van der Waals surface area contributed by atoms with Crippen molar-refractivity contribution in [1.82, 2.24) is 0 Å². The molecule has 0 saturated heterocycles. The monoisotopic (exact) mass is 266 g/mol. The molecule has 0 fully saturated rings. The third kappa shape index (κ3) is 5.62. The standard InChI is InChI=1S/C11H27O3PSi/c1-10(2)9-13-15(6,12)14-16(7,8)11(3,4)5/h10H,9H2,1-8H3. The van der Waals surface area contributed by atoms with Gasteiger partial charge in [-0.25, -0.2) is 0 Å². The van der Waals surface area contributed by atoms with E-state index in [0.29, 0.717) is 12.5 Å². The van der Waals surface area contributed by atoms with Gasteiger partial charge in [0.15, 0.2) is 0 Å². The molecular weight excluding hydrogens is 239 g/mol. The highest BCUT2D eigenvalue weighted by molar-refractivity contribution is 7.54. The van der Waals surface area contributed by atoms with Gasteiger partial charge in [0, 0.05) is 6.66 Å². The normalized spacial score (nSPS) is 17.6. The molecule has 3 nitrogen and oxygen atoms in total. The summed E-state index contributed by atoms with van der Waals surface area (Å²) in [6.07, 6.45) is 0. The van der Waals surface area contributed by atoms with Crippen LogP contribution < -0.4 is 0 Å². The second kappa shape index (κ2) is 5.34. The van der Waals surface area contributed by atoms with Crippen LogP contribution in [0.2, 0.25) is 18.1 Å². The van der Waals surface area contributed by atoms with Crippen LogP contribution in [0, 0.1) is 5.92 Å². The molecule has 0 aliphatic carbocycles. The molecule has 0 aromatic heterocycles. The first-order valence-corrected chi connectivity index (χ1v) is 10.7. The summed E-state index contributed by atoms with van der Waals surface area (Å²) in [4.78, 5) is 0. The molecule has 0 spiro atoms. The molecule has 1 atom stereocenters. The maximum absolute atomic E-state index is 12.2. The second-order valence-electron chi connectivity index (χ2n) is 6.31. The van der Waals surface area contributed by atoms with E-state index in [0.717, 1.165) is 0 Å². The van der Waals surface area contributed by atoms with Crippen LogP contribution in [0.1, 0.15) is 34.6 Å². The summed E-state index contributed by atoms with van der Waals surface area (Å²) < 4.78 is 23.4. The van der Waals surface area contributed by atoms with Gasteiger partial charge < -0.3 is 8.74 Å². The first kappa shape index (κ1) is 16.4. The van der Waals surface area contributed by atoms with E-state index in [9.17, 15) is 4.57 Å². The summed E-state index contributed by atoms with van der Waals surface area (Å²) in [6, 6.07) is 0. The lowest BCUT2D eigenvalue weighted by Gasteiger charge is -2.37. The number of rotatable bonds is 5. The fraction of sp³-hybridized carbons (Fsp3) is 1.00. The Labute approximate surface area is 102 Å². The Morgan fingerprint density at radius 2 is 1.69 bits per heavy atom. The lowest BCUT2D eigenvalue weighted by Crippen LogP contribution is -2.39. The summed E-state index contributed by atoms with van der Waals surface area (Å²) in [7, 11) is -4.90. The fourth-order valence-electron chi connectivity index (χ4n) is 0.862. The van der Waals surface area contributed by atoms with Gasteiger partial charge in [0.2, 0.25) is 8.32 Å². The Morgan fingerprint density at radius 1 is 1.25 bits per heavy atom. The predicted octanol–water partition coefficient (Wildman–Crippen LogP) is 4.50. The zero-order chi connectivity index (χ0) is 13.2. The number of hydrogen-bond acceptors (Lipinski definition) is 3. The Hall–Kier alpha value is 0.367. The molecule has 0 aliphatic rings. The molecule has 16 heavy (non-hydrogen) atoms. The summed E-state index contributed by atoms with van der Waals surface area (Å²) in [5.74, 6) is 0.372.